The first-order chi connectivity index (χ1) is 34.7. The van der Waals surface area contributed by atoms with E-state index in [0.717, 1.165) is 46.3 Å². The van der Waals surface area contributed by atoms with Crippen molar-refractivity contribution in [1.82, 2.24) is 44.9 Å². The third kappa shape index (κ3) is 9.20. The van der Waals surface area contributed by atoms with Gasteiger partial charge in [-0.15, -0.1) is 11.3 Å². The Balaban J connectivity index is 0.945. The Bertz CT molecular complexity index is 3010. The van der Waals surface area contributed by atoms with E-state index in [1.165, 1.54) is 25.2 Å². The Morgan fingerprint density at radius 1 is 0.833 bits per heavy atom. The van der Waals surface area contributed by atoms with Gasteiger partial charge in [0, 0.05) is 34.5 Å². The SMILES string of the molecule is CCc1ccc(C2Oc3cc(-c4cnc([C@@H]5CCCN5C(=O)[C@@H](NC(=O)OC)C(C)C)[nH]4)cc(F)c3-c3cc4cc(-c5cnc([C@@H]6CCCN6C(=O)[C@@H](NC(=O)OC)C6C[C@@H](C)O[C@@H](C)C6)[nH]5)ccc4n32)s1. The third-order valence-electron chi connectivity index (χ3n) is 14.7. The second-order valence-electron chi connectivity index (χ2n) is 19.8. The van der Waals surface area contributed by atoms with Crippen LogP contribution in [0.5, 0.6) is 5.75 Å². The summed E-state index contributed by atoms with van der Waals surface area (Å²) < 4.78 is 41.6. The fraction of sp³-hybridized carbons (Fsp3) is 0.472. The van der Waals surface area contributed by atoms with Crippen LogP contribution < -0.4 is 15.4 Å². The number of likely N-dealkylation sites (tertiary alicyclic amines) is 2. The summed E-state index contributed by atoms with van der Waals surface area (Å²) in [5.74, 6) is 0.483. The number of fused-ring (bicyclic) bond motifs is 5. The molecule has 17 nitrogen and oxygen atoms in total. The number of benzene rings is 2. The number of carbonyl (C=O) groups is 4. The first-order valence-corrected chi connectivity index (χ1v) is 25.8. The molecule has 3 saturated heterocycles. The average Bonchev–Trinajstić information content (AvgIpc) is 4.23. The van der Waals surface area contributed by atoms with Crippen LogP contribution in [0, 0.1) is 17.7 Å². The minimum atomic E-state index is -0.773. The summed E-state index contributed by atoms with van der Waals surface area (Å²) in [7, 11) is 2.57. The number of thiophene rings is 1. The van der Waals surface area contributed by atoms with Crippen LogP contribution in [0.4, 0.5) is 14.0 Å². The lowest BCUT2D eigenvalue weighted by atomic mass is 9.85. The number of nitrogens with one attached hydrogen (secondary N) is 4. The fourth-order valence-corrected chi connectivity index (χ4v) is 12.3. The van der Waals surface area contributed by atoms with Crippen molar-refractivity contribution in [2.75, 3.05) is 27.3 Å². The molecule has 4 aliphatic rings. The summed E-state index contributed by atoms with van der Waals surface area (Å²) in [4.78, 5) is 75.2. The largest absolute Gasteiger partial charge is 0.464 e. The molecule has 0 spiro atoms. The van der Waals surface area contributed by atoms with E-state index >= 15 is 4.39 Å². The fourth-order valence-electron chi connectivity index (χ4n) is 11.3. The number of aryl methyl sites for hydroxylation is 1. The lowest BCUT2D eigenvalue weighted by Crippen LogP contribution is -2.54. The molecule has 8 atom stereocenters. The minimum absolute atomic E-state index is 0.0505. The predicted molar refractivity (Wildman–Crippen MR) is 269 cm³/mol. The molecule has 8 heterocycles. The van der Waals surface area contributed by atoms with E-state index in [0.29, 0.717) is 78.7 Å². The van der Waals surface area contributed by atoms with E-state index in [1.807, 2.05) is 56.9 Å². The van der Waals surface area contributed by atoms with E-state index < -0.39 is 36.3 Å². The van der Waals surface area contributed by atoms with Crippen LogP contribution in [0.3, 0.4) is 0 Å². The number of ether oxygens (including phenoxy) is 4. The van der Waals surface area contributed by atoms with E-state index in [2.05, 4.69) is 50.3 Å². The molecule has 0 saturated carbocycles. The van der Waals surface area contributed by atoms with Gasteiger partial charge in [-0.05, 0) is 113 Å². The average molecular weight is 1000 g/mol. The van der Waals surface area contributed by atoms with Crippen molar-refractivity contribution in [2.45, 2.75) is 122 Å². The molecule has 0 bridgehead atoms. The molecule has 19 heteroatoms. The summed E-state index contributed by atoms with van der Waals surface area (Å²) in [6.45, 7) is 10.9. The molecule has 2 aromatic carbocycles. The van der Waals surface area contributed by atoms with Crippen LogP contribution >= 0.6 is 11.3 Å². The van der Waals surface area contributed by atoms with Gasteiger partial charge in [0.2, 0.25) is 18.0 Å². The normalized spacial score (nSPS) is 22.6. The van der Waals surface area contributed by atoms with Crippen LogP contribution in [0.2, 0.25) is 0 Å². The number of amides is 4. The molecule has 6 aromatic rings. The van der Waals surface area contributed by atoms with E-state index in [1.54, 1.807) is 28.6 Å². The van der Waals surface area contributed by atoms with Gasteiger partial charge in [-0.2, -0.15) is 0 Å². The van der Waals surface area contributed by atoms with Crippen molar-refractivity contribution < 1.29 is 42.5 Å². The zero-order chi connectivity index (χ0) is 50.5. The number of alkyl carbamates (subject to hydrolysis) is 2. The Morgan fingerprint density at radius 3 is 2.10 bits per heavy atom. The molecule has 380 valence electrons. The number of methoxy groups -OCH3 is 2. The van der Waals surface area contributed by atoms with Crippen molar-refractivity contribution in [3.8, 4) is 39.5 Å². The van der Waals surface area contributed by atoms with E-state index in [-0.39, 0.29) is 47.9 Å². The van der Waals surface area contributed by atoms with Crippen LogP contribution in [0.15, 0.2) is 60.9 Å². The highest BCUT2D eigenvalue weighted by atomic mass is 32.1. The smallest absolute Gasteiger partial charge is 0.407 e. The Hall–Kier alpha value is -6.73. The first kappa shape index (κ1) is 48.9. The summed E-state index contributed by atoms with van der Waals surface area (Å²) in [5.41, 5.74) is 4.62. The standard InChI is InChI=1S/C53H62FN9O8S/c1-8-34-14-16-43(72-34)51-63-38-15-13-30(36-25-55-47(57-36)40-12-10-18-62(40)50(65)46(60-53(67)69-7)33-19-28(4)70-29(5)20-33)21-32(38)23-41(63)44-35(54)22-31(24-42(44)71-51)37-26-56-48(58-37)39-11-9-17-61(39)49(64)45(27(2)3)59-52(66)68-6/h13-16,21-29,33,39-40,45-46,51H,8-12,17-20H2,1-7H3,(H,55,57)(H,56,58)(H,59,66)(H,60,67)/t28-,29+,33?,39-,40-,45-,46-,51?/m0/s1. The number of aromatic amines is 2. The molecule has 4 aromatic heterocycles. The molecule has 0 aliphatic carbocycles. The number of nitrogens with zero attached hydrogens (tertiary/aromatic N) is 5. The highest BCUT2D eigenvalue weighted by molar-refractivity contribution is 7.12. The highest BCUT2D eigenvalue weighted by Crippen LogP contribution is 2.48. The zero-order valence-corrected chi connectivity index (χ0v) is 42.4. The molecule has 4 N–H and O–H groups in total. The predicted octanol–water partition coefficient (Wildman–Crippen LogP) is 9.43. The van der Waals surface area contributed by atoms with Crippen molar-refractivity contribution in [3.05, 3.63) is 88.1 Å². The number of aromatic nitrogens is 5. The number of halogens is 1. The molecule has 4 amide bonds. The summed E-state index contributed by atoms with van der Waals surface area (Å²) in [6, 6.07) is 13.4. The van der Waals surface area contributed by atoms with E-state index in [4.69, 9.17) is 28.9 Å². The monoisotopic (exact) mass is 1000 g/mol. The van der Waals surface area contributed by atoms with Crippen LogP contribution in [-0.4, -0.2) is 110 Å². The van der Waals surface area contributed by atoms with Crippen molar-refractivity contribution >= 4 is 46.2 Å². The van der Waals surface area contributed by atoms with Crippen LogP contribution in [-0.2, 0) is 30.2 Å². The molecular formula is C53H62FN9O8S. The summed E-state index contributed by atoms with van der Waals surface area (Å²) >= 11 is 1.66. The minimum Gasteiger partial charge on any atom is -0.464 e. The molecule has 3 fully saturated rings. The molecule has 2 unspecified atom stereocenters. The molecule has 4 aliphatic heterocycles. The second-order valence-corrected chi connectivity index (χ2v) is 21.0. The Labute approximate surface area is 421 Å². The maximum Gasteiger partial charge on any atom is 0.407 e. The van der Waals surface area contributed by atoms with Crippen molar-refractivity contribution in [1.29, 1.82) is 0 Å². The molecule has 72 heavy (non-hydrogen) atoms. The van der Waals surface area contributed by atoms with Crippen LogP contribution in [0.25, 0.3) is 44.7 Å². The number of carbonyl (C=O) groups excluding carboxylic acids is 4. The van der Waals surface area contributed by atoms with Gasteiger partial charge in [0.15, 0.2) is 0 Å². The summed E-state index contributed by atoms with van der Waals surface area (Å²) in [6.07, 6.45) is 6.51. The topological polar surface area (TPSA) is 198 Å². The number of hydrogen-bond donors (Lipinski definition) is 4. The van der Waals surface area contributed by atoms with Gasteiger partial charge < -0.3 is 49.3 Å². The lowest BCUT2D eigenvalue weighted by Gasteiger charge is -2.38. The third-order valence-corrected chi connectivity index (χ3v) is 16.0. The molecule has 0 radical (unpaired) electrons. The van der Waals surface area contributed by atoms with Gasteiger partial charge >= 0.3 is 12.2 Å². The van der Waals surface area contributed by atoms with Gasteiger partial charge in [-0.3, -0.25) is 14.2 Å². The molecular weight excluding hydrogens is 942 g/mol. The van der Waals surface area contributed by atoms with Gasteiger partial charge in [0.05, 0.1) is 83.9 Å². The van der Waals surface area contributed by atoms with Gasteiger partial charge in [-0.25, -0.2) is 23.9 Å². The maximum atomic E-state index is 16.9. The van der Waals surface area contributed by atoms with Crippen molar-refractivity contribution in [2.24, 2.45) is 11.8 Å². The lowest BCUT2D eigenvalue weighted by molar-refractivity contribution is -0.138. The van der Waals surface area contributed by atoms with Crippen molar-refractivity contribution in [3.63, 3.8) is 0 Å². The quantitative estimate of drug-likeness (QED) is 0.0916. The number of hydrogen-bond acceptors (Lipinski definition) is 11. The van der Waals surface area contributed by atoms with Crippen LogP contribution in [0.1, 0.15) is 113 Å². The van der Waals surface area contributed by atoms with Gasteiger partial charge in [-0.1, -0.05) is 26.8 Å². The highest BCUT2D eigenvalue weighted by Gasteiger charge is 2.43. The Kier molecular flexibility index (Phi) is 13.6. The molecule has 10 rings (SSSR count). The zero-order valence-electron chi connectivity index (χ0n) is 41.6. The number of H-pyrrole nitrogens is 2. The second kappa shape index (κ2) is 20.1. The van der Waals surface area contributed by atoms with Gasteiger partial charge in [0.1, 0.15) is 35.3 Å². The number of rotatable bonds is 12. The van der Waals surface area contributed by atoms with Gasteiger partial charge in [0.25, 0.3) is 0 Å². The summed E-state index contributed by atoms with van der Waals surface area (Å²) in [5, 5.41) is 6.42. The number of imidazole rings is 2. The Morgan fingerprint density at radius 2 is 1.47 bits per heavy atom. The first-order valence-electron chi connectivity index (χ1n) is 25.0. The van der Waals surface area contributed by atoms with E-state index in [9.17, 15) is 19.2 Å². The maximum absolute atomic E-state index is 16.9.